The predicted octanol–water partition coefficient (Wildman–Crippen LogP) is 1.52. The number of carboxylic acids is 1. The molecule has 1 saturated heterocycles. The lowest BCUT2D eigenvalue weighted by atomic mass is 9.89. The highest BCUT2D eigenvalue weighted by Gasteiger charge is 2.33. The van der Waals surface area contributed by atoms with Crippen LogP contribution in [0.5, 0.6) is 0 Å². The molecule has 1 aliphatic rings. The molecule has 90 valence electrons. The maximum Gasteiger partial charge on any atom is 0.303 e. The van der Waals surface area contributed by atoms with Crippen LogP contribution in [-0.4, -0.2) is 23.0 Å². The van der Waals surface area contributed by atoms with Crippen molar-refractivity contribution in [2.24, 2.45) is 0 Å². The molecule has 2 rings (SSSR count). The molecule has 1 amide bonds. The van der Waals surface area contributed by atoms with Gasteiger partial charge in [-0.25, -0.2) is 0 Å². The molecule has 1 aromatic rings. The highest BCUT2D eigenvalue weighted by Crippen LogP contribution is 2.30. The fourth-order valence-corrected chi connectivity index (χ4v) is 2.31. The Labute approximate surface area is 99.6 Å². The van der Waals surface area contributed by atoms with Crippen molar-refractivity contribution in [3.8, 4) is 0 Å². The van der Waals surface area contributed by atoms with Crippen molar-refractivity contribution in [3.05, 3.63) is 35.9 Å². The second-order valence-corrected chi connectivity index (χ2v) is 4.33. The number of carbonyl (C=O) groups excluding carboxylic acids is 1. The van der Waals surface area contributed by atoms with Gasteiger partial charge in [-0.1, -0.05) is 30.3 Å². The molecular weight excluding hydrogens is 218 g/mol. The minimum atomic E-state index is -0.821. The maximum atomic E-state index is 11.4. The first kappa shape index (κ1) is 11.6. The lowest BCUT2D eigenvalue weighted by Crippen LogP contribution is -2.28. The van der Waals surface area contributed by atoms with Crippen LogP contribution in [0.1, 0.15) is 30.7 Å². The molecule has 1 aliphatic heterocycles. The molecular formula is C13H15NO3. The predicted molar refractivity (Wildman–Crippen MR) is 62.6 cm³/mol. The number of hydrogen-bond donors (Lipinski definition) is 2. The maximum absolute atomic E-state index is 11.4. The van der Waals surface area contributed by atoms with Crippen LogP contribution >= 0.6 is 0 Å². The lowest BCUT2D eigenvalue weighted by Gasteiger charge is -2.18. The smallest absolute Gasteiger partial charge is 0.303 e. The molecule has 2 N–H and O–H groups in total. The molecule has 0 aromatic heterocycles. The molecule has 0 saturated carbocycles. The second kappa shape index (κ2) is 4.99. The molecule has 1 aromatic carbocycles. The quantitative estimate of drug-likeness (QED) is 0.828. The second-order valence-electron chi connectivity index (χ2n) is 4.33. The standard InChI is InChI=1S/C13H15NO3/c15-12-8-10(9-4-2-1-3-5-9)11(14-12)6-7-13(16)17/h1-5,10-11H,6-8H2,(H,14,15)(H,16,17). The third-order valence-electron chi connectivity index (χ3n) is 3.13. The van der Waals surface area contributed by atoms with Gasteiger partial charge in [0.05, 0.1) is 0 Å². The van der Waals surface area contributed by atoms with Crippen molar-refractivity contribution in [2.75, 3.05) is 0 Å². The van der Waals surface area contributed by atoms with E-state index in [0.717, 1.165) is 5.56 Å². The Bertz CT molecular complexity index is 416. The number of carboxylic acid groups (broad SMARTS) is 1. The third kappa shape index (κ3) is 2.84. The van der Waals surface area contributed by atoms with Gasteiger partial charge in [0.25, 0.3) is 0 Å². The van der Waals surface area contributed by atoms with E-state index >= 15 is 0 Å². The molecule has 0 bridgehead atoms. The minimum absolute atomic E-state index is 0.00856. The number of benzene rings is 1. The van der Waals surface area contributed by atoms with Crippen LogP contribution in [0.3, 0.4) is 0 Å². The van der Waals surface area contributed by atoms with Crippen LogP contribution in [0.15, 0.2) is 30.3 Å². The lowest BCUT2D eigenvalue weighted by molar-refractivity contribution is -0.137. The average molecular weight is 233 g/mol. The highest BCUT2D eigenvalue weighted by molar-refractivity contribution is 5.80. The summed E-state index contributed by atoms with van der Waals surface area (Å²) in [6.07, 6.45) is 1.03. The van der Waals surface area contributed by atoms with E-state index in [0.29, 0.717) is 12.8 Å². The van der Waals surface area contributed by atoms with Crippen LogP contribution in [0.25, 0.3) is 0 Å². The Morgan fingerprint density at radius 3 is 2.71 bits per heavy atom. The van der Waals surface area contributed by atoms with E-state index < -0.39 is 5.97 Å². The summed E-state index contributed by atoms with van der Waals surface area (Å²) >= 11 is 0. The average Bonchev–Trinajstić information content (AvgIpc) is 2.69. The van der Waals surface area contributed by atoms with E-state index in [1.807, 2.05) is 30.3 Å². The summed E-state index contributed by atoms with van der Waals surface area (Å²) in [5.74, 6) is -0.713. The first-order valence-corrected chi connectivity index (χ1v) is 5.73. The van der Waals surface area contributed by atoms with Crippen LogP contribution < -0.4 is 5.32 Å². The Kier molecular flexibility index (Phi) is 3.42. The summed E-state index contributed by atoms with van der Waals surface area (Å²) in [7, 11) is 0. The van der Waals surface area contributed by atoms with Crippen molar-refractivity contribution in [2.45, 2.75) is 31.2 Å². The van der Waals surface area contributed by atoms with E-state index in [-0.39, 0.29) is 24.3 Å². The molecule has 17 heavy (non-hydrogen) atoms. The molecule has 1 fully saturated rings. The summed E-state index contributed by atoms with van der Waals surface area (Å²) in [6.45, 7) is 0. The Morgan fingerprint density at radius 2 is 2.06 bits per heavy atom. The van der Waals surface area contributed by atoms with Gasteiger partial charge >= 0.3 is 5.97 Å². The molecule has 2 unspecified atom stereocenters. The van der Waals surface area contributed by atoms with Crippen molar-refractivity contribution in [1.82, 2.24) is 5.32 Å². The first-order valence-electron chi connectivity index (χ1n) is 5.73. The first-order chi connectivity index (χ1) is 8.16. The zero-order valence-corrected chi connectivity index (χ0v) is 9.43. The van der Waals surface area contributed by atoms with Gasteiger partial charge in [0.2, 0.25) is 5.91 Å². The molecule has 2 atom stereocenters. The largest absolute Gasteiger partial charge is 0.481 e. The summed E-state index contributed by atoms with van der Waals surface area (Å²) < 4.78 is 0. The number of carbonyl (C=O) groups is 2. The SMILES string of the molecule is O=C(O)CCC1NC(=O)CC1c1ccccc1. The fraction of sp³-hybridized carbons (Fsp3) is 0.385. The normalized spacial score (nSPS) is 23.4. The highest BCUT2D eigenvalue weighted by atomic mass is 16.4. The Morgan fingerprint density at radius 1 is 1.35 bits per heavy atom. The van der Waals surface area contributed by atoms with Gasteiger partial charge in [-0.3, -0.25) is 9.59 Å². The molecule has 0 spiro atoms. The van der Waals surface area contributed by atoms with Gasteiger partial charge in [-0.05, 0) is 12.0 Å². The molecule has 4 heteroatoms. The van der Waals surface area contributed by atoms with Gasteiger partial charge in [0.1, 0.15) is 0 Å². The van der Waals surface area contributed by atoms with E-state index in [4.69, 9.17) is 5.11 Å². The van der Waals surface area contributed by atoms with Gasteiger partial charge in [0.15, 0.2) is 0 Å². The van der Waals surface area contributed by atoms with E-state index in [9.17, 15) is 9.59 Å². The van der Waals surface area contributed by atoms with Crippen molar-refractivity contribution >= 4 is 11.9 Å². The summed E-state index contributed by atoms with van der Waals surface area (Å²) in [6, 6.07) is 9.72. The van der Waals surface area contributed by atoms with Crippen LogP contribution in [0.2, 0.25) is 0 Å². The number of rotatable bonds is 4. The van der Waals surface area contributed by atoms with E-state index in [2.05, 4.69) is 5.32 Å². The zero-order chi connectivity index (χ0) is 12.3. The van der Waals surface area contributed by atoms with Gasteiger partial charge in [-0.15, -0.1) is 0 Å². The number of hydrogen-bond acceptors (Lipinski definition) is 2. The Hall–Kier alpha value is -1.84. The van der Waals surface area contributed by atoms with Crippen LogP contribution in [-0.2, 0) is 9.59 Å². The summed E-state index contributed by atoms with van der Waals surface area (Å²) in [5, 5.41) is 11.5. The summed E-state index contributed by atoms with van der Waals surface area (Å²) in [4.78, 5) is 22.0. The zero-order valence-electron chi connectivity index (χ0n) is 9.43. The topological polar surface area (TPSA) is 66.4 Å². The third-order valence-corrected chi connectivity index (χ3v) is 3.13. The molecule has 0 aliphatic carbocycles. The van der Waals surface area contributed by atoms with Crippen molar-refractivity contribution in [3.63, 3.8) is 0 Å². The van der Waals surface area contributed by atoms with Crippen molar-refractivity contribution < 1.29 is 14.7 Å². The molecule has 4 nitrogen and oxygen atoms in total. The fourth-order valence-electron chi connectivity index (χ4n) is 2.31. The van der Waals surface area contributed by atoms with Crippen LogP contribution in [0.4, 0.5) is 0 Å². The van der Waals surface area contributed by atoms with Gasteiger partial charge in [0, 0.05) is 24.8 Å². The minimum Gasteiger partial charge on any atom is -0.481 e. The number of nitrogens with one attached hydrogen (secondary N) is 1. The monoisotopic (exact) mass is 233 g/mol. The molecule has 1 heterocycles. The van der Waals surface area contributed by atoms with Gasteiger partial charge < -0.3 is 10.4 Å². The van der Waals surface area contributed by atoms with E-state index in [1.165, 1.54) is 0 Å². The molecule has 0 radical (unpaired) electrons. The van der Waals surface area contributed by atoms with Crippen LogP contribution in [0, 0.1) is 0 Å². The number of amides is 1. The summed E-state index contributed by atoms with van der Waals surface area (Å²) in [5.41, 5.74) is 1.10. The van der Waals surface area contributed by atoms with Gasteiger partial charge in [-0.2, -0.15) is 0 Å². The van der Waals surface area contributed by atoms with E-state index in [1.54, 1.807) is 0 Å². The number of aliphatic carboxylic acids is 1. The van der Waals surface area contributed by atoms with Crippen molar-refractivity contribution in [1.29, 1.82) is 0 Å². The Balaban J connectivity index is 2.09.